The minimum atomic E-state index is -1.12. The summed E-state index contributed by atoms with van der Waals surface area (Å²) in [5.41, 5.74) is 1.20. The summed E-state index contributed by atoms with van der Waals surface area (Å²) in [6, 6.07) is 9.57. The molecule has 2 rings (SSSR count). The van der Waals surface area contributed by atoms with Crippen molar-refractivity contribution in [1.82, 2.24) is 0 Å². The minimum absolute atomic E-state index is 0.0198. The molecule has 0 heterocycles. The zero-order chi connectivity index (χ0) is 17.2. The first kappa shape index (κ1) is 16.8. The Hall–Kier alpha value is -2.56. The normalized spacial score (nSPS) is 11.2. The van der Waals surface area contributed by atoms with Crippen molar-refractivity contribution in [2.45, 2.75) is 19.3 Å². The predicted octanol–water partition coefficient (Wildman–Crippen LogP) is 3.87. The lowest BCUT2D eigenvalue weighted by Gasteiger charge is -2.27. The van der Waals surface area contributed by atoms with Gasteiger partial charge in [-0.2, -0.15) is 0 Å². The molecule has 0 spiro atoms. The molecule has 0 aliphatic carbocycles. The fourth-order valence-corrected chi connectivity index (χ4v) is 2.52. The van der Waals surface area contributed by atoms with E-state index in [2.05, 4.69) is 0 Å². The van der Waals surface area contributed by atoms with Gasteiger partial charge in [0.2, 0.25) is 0 Å². The van der Waals surface area contributed by atoms with Gasteiger partial charge in [-0.15, -0.1) is 0 Å². The Kier molecular flexibility index (Phi) is 4.59. The highest BCUT2D eigenvalue weighted by atomic mass is 19.1. The van der Waals surface area contributed by atoms with E-state index in [-0.39, 0.29) is 22.9 Å². The van der Waals surface area contributed by atoms with Crippen LogP contribution in [0.3, 0.4) is 0 Å². The van der Waals surface area contributed by atoms with Crippen LogP contribution >= 0.6 is 0 Å². The number of methoxy groups -OCH3 is 2. The summed E-state index contributed by atoms with van der Waals surface area (Å²) in [7, 11) is 2.83. The average molecular weight is 318 g/mol. The number of halogens is 1. The minimum Gasteiger partial charge on any atom is -0.496 e. The molecule has 2 aromatic carbocycles. The van der Waals surface area contributed by atoms with Gasteiger partial charge in [0.05, 0.1) is 14.2 Å². The second-order valence-electron chi connectivity index (χ2n) is 5.69. The third kappa shape index (κ3) is 3.13. The lowest BCUT2D eigenvalue weighted by molar-refractivity contribution is 0.0689. The highest BCUT2D eigenvalue weighted by Crippen LogP contribution is 2.38. The van der Waals surface area contributed by atoms with E-state index in [9.17, 15) is 14.3 Å². The Labute approximate surface area is 134 Å². The van der Waals surface area contributed by atoms with Gasteiger partial charge in [0, 0.05) is 5.41 Å². The summed E-state index contributed by atoms with van der Waals surface area (Å²) >= 11 is 0. The number of hydrogen-bond donors (Lipinski definition) is 1. The van der Waals surface area contributed by atoms with Gasteiger partial charge in [-0.05, 0) is 35.4 Å². The summed E-state index contributed by atoms with van der Waals surface area (Å²) in [6.07, 6.45) is 0. The van der Waals surface area contributed by atoms with Crippen LogP contribution in [0.5, 0.6) is 11.5 Å². The van der Waals surface area contributed by atoms with Crippen LogP contribution in [-0.4, -0.2) is 25.3 Å². The van der Waals surface area contributed by atoms with Crippen molar-refractivity contribution in [2.24, 2.45) is 0 Å². The number of ether oxygens (including phenoxy) is 2. The van der Waals surface area contributed by atoms with Crippen molar-refractivity contribution in [1.29, 1.82) is 0 Å². The number of benzene rings is 2. The molecule has 0 fully saturated rings. The van der Waals surface area contributed by atoms with Gasteiger partial charge < -0.3 is 14.6 Å². The molecule has 0 bridgehead atoms. The predicted molar refractivity (Wildman–Crippen MR) is 85.0 cm³/mol. The number of carbonyl (C=O) groups is 1. The maximum atomic E-state index is 13.2. The first-order valence-corrected chi connectivity index (χ1v) is 7.07. The molecule has 0 saturated carbocycles. The largest absolute Gasteiger partial charge is 0.496 e. The molecule has 5 heteroatoms. The number of rotatable bonds is 5. The van der Waals surface area contributed by atoms with Crippen LogP contribution in [0, 0.1) is 5.82 Å². The summed E-state index contributed by atoms with van der Waals surface area (Å²) in [4.78, 5) is 11.4. The third-order valence-electron chi connectivity index (χ3n) is 4.01. The SMILES string of the molecule is COc1cc(C(C)(C)c2ccc(F)cc2)cc(OC)c1C(=O)O. The fraction of sp³-hybridized carbons (Fsp3) is 0.278. The molecule has 1 N–H and O–H groups in total. The van der Waals surface area contributed by atoms with E-state index in [1.54, 1.807) is 24.3 Å². The van der Waals surface area contributed by atoms with Crippen LogP contribution in [0.15, 0.2) is 36.4 Å². The number of hydrogen-bond acceptors (Lipinski definition) is 3. The molecule has 0 aliphatic heterocycles. The second kappa shape index (κ2) is 6.28. The molecular formula is C18H19FO4. The van der Waals surface area contributed by atoms with Gasteiger partial charge in [0.25, 0.3) is 0 Å². The van der Waals surface area contributed by atoms with Crippen LogP contribution in [-0.2, 0) is 5.41 Å². The van der Waals surface area contributed by atoms with Crippen LogP contribution in [0.4, 0.5) is 4.39 Å². The molecular weight excluding hydrogens is 299 g/mol. The van der Waals surface area contributed by atoms with Gasteiger partial charge >= 0.3 is 5.97 Å². The Balaban J connectivity index is 2.62. The van der Waals surface area contributed by atoms with E-state index in [1.807, 2.05) is 13.8 Å². The average Bonchev–Trinajstić information content (AvgIpc) is 2.53. The van der Waals surface area contributed by atoms with E-state index in [4.69, 9.17) is 9.47 Å². The molecule has 2 aromatic rings. The number of carboxylic acids is 1. The van der Waals surface area contributed by atoms with Crippen molar-refractivity contribution < 1.29 is 23.8 Å². The van der Waals surface area contributed by atoms with Crippen LogP contribution in [0.1, 0.15) is 35.3 Å². The highest BCUT2D eigenvalue weighted by molar-refractivity contribution is 5.94. The monoisotopic (exact) mass is 318 g/mol. The molecule has 0 saturated heterocycles. The van der Waals surface area contributed by atoms with Crippen molar-refractivity contribution in [2.75, 3.05) is 14.2 Å². The van der Waals surface area contributed by atoms with E-state index in [0.717, 1.165) is 11.1 Å². The van der Waals surface area contributed by atoms with Crippen molar-refractivity contribution >= 4 is 5.97 Å². The third-order valence-corrected chi connectivity index (χ3v) is 4.01. The topological polar surface area (TPSA) is 55.8 Å². The van der Waals surface area contributed by atoms with Gasteiger partial charge in [-0.25, -0.2) is 9.18 Å². The maximum Gasteiger partial charge on any atom is 0.343 e. The molecule has 23 heavy (non-hydrogen) atoms. The van der Waals surface area contributed by atoms with E-state index in [1.165, 1.54) is 26.4 Å². The number of carboxylic acid groups (broad SMARTS) is 1. The zero-order valence-electron chi connectivity index (χ0n) is 13.5. The summed E-state index contributed by atoms with van der Waals surface area (Å²) < 4.78 is 23.6. The summed E-state index contributed by atoms with van der Waals surface area (Å²) in [6.45, 7) is 3.93. The highest BCUT2D eigenvalue weighted by Gasteiger charge is 2.28. The van der Waals surface area contributed by atoms with Gasteiger partial charge in [0.15, 0.2) is 0 Å². The maximum absolute atomic E-state index is 13.2. The Morgan fingerprint density at radius 2 is 1.48 bits per heavy atom. The summed E-state index contributed by atoms with van der Waals surface area (Å²) in [5, 5.41) is 9.35. The zero-order valence-corrected chi connectivity index (χ0v) is 13.5. The lowest BCUT2D eigenvalue weighted by atomic mass is 9.77. The van der Waals surface area contributed by atoms with Gasteiger partial charge in [-0.1, -0.05) is 26.0 Å². The molecule has 0 unspecified atom stereocenters. The molecule has 0 atom stereocenters. The molecule has 4 nitrogen and oxygen atoms in total. The first-order chi connectivity index (χ1) is 10.8. The molecule has 122 valence electrons. The smallest absolute Gasteiger partial charge is 0.343 e. The second-order valence-corrected chi connectivity index (χ2v) is 5.69. The van der Waals surface area contributed by atoms with Crippen LogP contribution in [0.25, 0.3) is 0 Å². The molecule has 0 aliphatic rings. The van der Waals surface area contributed by atoms with Crippen molar-refractivity contribution in [3.8, 4) is 11.5 Å². The van der Waals surface area contributed by atoms with Gasteiger partial charge in [-0.3, -0.25) is 0 Å². The fourth-order valence-electron chi connectivity index (χ4n) is 2.52. The van der Waals surface area contributed by atoms with Crippen LogP contribution < -0.4 is 9.47 Å². The lowest BCUT2D eigenvalue weighted by Crippen LogP contribution is -2.20. The van der Waals surface area contributed by atoms with E-state index in [0.29, 0.717) is 0 Å². The van der Waals surface area contributed by atoms with E-state index < -0.39 is 11.4 Å². The Morgan fingerprint density at radius 3 is 1.87 bits per heavy atom. The van der Waals surface area contributed by atoms with Crippen molar-refractivity contribution in [3.05, 3.63) is 58.9 Å². The molecule has 0 aromatic heterocycles. The standard InChI is InChI=1S/C18H19FO4/c1-18(2,11-5-7-13(19)8-6-11)12-9-14(22-3)16(17(20)21)15(10-12)23-4/h5-10H,1-4H3,(H,20,21). The first-order valence-electron chi connectivity index (χ1n) is 7.07. The number of aromatic carboxylic acids is 1. The molecule has 0 amide bonds. The summed E-state index contributed by atoms with van der Waals surface area (Å²) in [5.74, 6) is -0.977. The van der Waals surface area contributed by atoms with Crippen molar-refractivity contribution in [3.63, 3.8) is 0 Å². The van der Waals surface area contributed by atoms with Gasteiger partial charge in [0.1, 0.15) is 22.9 Å². The Bertz CT molecular complexity index is 695. The quantitative estimate of drug-likeness (QED) is 0.909. The molecule has 0 radical (unpaired) electrons. The Morgan fingerprint density at radius 1 is 1.00 bits per heavy atom. The van der Waals surface area contributed by atoms with E-state index >= 15 is 0 Å². The van der Waals surface area contributed by atoms with Crippen LogP contribution in [0.2, 0.25) is 0 Å².